The summed E-state index contributed by atoms with van der Waals surface area (Å²) in [5.74, 6) is -0.362. The molecule has 1 heterocycles. The molecule has 0 saturated carbocycles. The van der Waals surface area contributed by atoms with E-state index in [-0.39, 0.29) is 11.3 Å². The second-order valence-corrected chi connectivity index (χ2v) is 8.13. The number of nitrogens with zero attached hydrogens (tertiary/aromatic N) is 2. The third-order valence-electron chi connectivity index (χ3n) is 5.65. The molecule has 0 unspecified atom stereocenters. The maximum absolute atomic E-state index is 13.0. The molecule has 0 amide bonds. The fourth-order valence-electron chi connectivity index (χ4n) is 3.93. The second kappa shape index (κ2) is 9.16. The Kier molecular flexibility index (Phi) is 6.60. The van der Waals surface area contributed by atoms with Crippen LogP contribution >= 0.6 is 0 Å². The maximum atomic E-state index is 13.0. The fourth-order valence-corrected chi connectivity index (χ4v) is 3.93. The zero-order chi connectivity index (χ0) is 21.8. The number of carboxylic acids is 1. The zero-order valence-electron chi connectivity index (χ0n) is 18.2. The standard InChI is InChI=1S/C25H30N2O3/c1-5-26-18(4)23(15-10-17(2)3)27(25(26)30)16-19-11-13-20(14-12-19)21-8-6-7-9-22(21)24(28)29/h6-9,11-14,17H,5,10,15-16H2,1-4H3,(H,28,29). The van der Waals surface area contributed by atoms with E-state index in [0.717, 1.165) is 35.4 Å². The Balaban J connectivity index is 1.93. The second-order valence-electron chi connectivity index (χ2n) is 8.13. The molecule has 0 bridgehead atoms. The van der Waals surface area contributed by atoms with Crippen LogP contribution in [0.4, 0.5) is 0 Å². The maximum Gasteiger partial charge on any atom is 0.336 e. The number of hydrogen-bond acceptors (Lipinski definition) is 2. The minimum absolute atomic E-state index is 0.0362. The highest BCUT2D eigenvalue weighted by Crippen LogP contribution is 2.24. The van der Waals surface area contributed by atoms with Gasteiger partial charge < -0.3 is 5.11 Å². The van der Waals surface area contributed by atoms with Crippen LogP contribution in [0.3, 0.4) is 0 Å². The van der Waals surface area contributed by atoms with Crippen molar-refractivity contribution in [3.05, 3.63) is 81.5 Å². The van der Waals surface area contributed by atoms with Gasteiger partial charge in [0.15, 0.2) is 0 Å². The van der Waals surface area contributed by atoms with Crippen LogP contribution in [-0.2, 0) is 19.5 Å². The van der Waals surface area contributed by atoms with Gasteiger partial charge in [-0.1, -0.05) is 56.3 Å². The Bertz CT molecular complexity index is 1090. The molecule has 1 aromatic heterocycles. The fraction of sp³-hybridized carbons (Fsp3) is 0.360. The van der Waals surface area contributed by atoms with Gasteiger partial charge in [0.1, 0.15) is 0 Å². The number of carboxylic acid groups (broad SMARTS) is 1. The summed E-state index contributed by atoms with van der Waals surface area (Å²) in [6, 6.07) is 14.8. The number of benzene rings is 2. The van der Waals surface area contributed by atoms with Crippen LogP contribution in [0.5, 0.6) is 0 Å². The lowest BCUT2D eigenvalue weighted by Gasteiger charge is -2.11. The summed E-state index contributed by atoms with van der Waals surface area (Å²) in [5, 5.41) is 9.44. The summed E-state index contributed by atoms with van der Waals surface area (Å²) < 4.78 is 3.73. The molecule has 5 heteroatoms. The summed E-state index contributed by atoms with van der Waals surface area (Å²) in [5.41, 5.74) is 5.05. The van der Waals surface area contributed by atoms with Crippen LogP contribution in [-0.4, -0.2) is 20.2 Å². The molecule has 0 spiro atoms. The zero-order valence-corrected chi connectivity index (χ0v) is 18.2. The lowest BCUT2D eigenvalue weighted by molar-refractivity contribution is 0.0697. The van der Waals surface area contributed by atoms with Gasteiger partial charge in [-0.15, -0.1) is 0 Å². The van der Waals surface area contributed by atoms with Crippen LogP contribution in [0, 0.1) is 12.8 Å². The van der Waals surface area contributed by atoms with E-state index >= 15 is 0 Å². The van der Waals surface area contributed by atoms with Crippen LogP contribution in [0.1, 0.15) is 54.5 Å². The van der Waals surface area contributed by atoms with Gasteiger partial charge in [0.2, 0.25) is 0 Å². The molecule has 5 nitrogen and oxygen atoms in total. The molecule has 1 N–H and O–H groups in total. The molecule has 3 rings (SSSR count). The highest BCUT2D eigenvalue weighted by molar-refractivity contribution is 5.95. The summed E-state index contributed by atoms with van der Waals surface area (Å²) >= 11 is 0. The quantitative estimate of drug-likeness (QED) is 0.574. The molecule has 2 aromatic carbocycles. The van der Waals surface area contributed by atoms with Gasteiger partial charge in [0.05, 0.1) is 12.1 Å². The lowest BCUT2D eigenvalue weighted by Crippen LogP contribution is -2.25. The normalized spacial score (nSPS) is 11.2. The van der Waals surface area contributed by atoms with Crippen molar-refractivity contribution >= 4 is 5.97 Å². The van der Waals surface area contributed by atoms with E-state index < -0.39 is 5.97 Å². The third-order valence-corrected chi connectivity index (χ3v) is 5.65. The van der Waals surface area contributed by atoms with Crippen molar-refractivity contribution in [1.29, 1.82) is 0 Å². The minimum atomic E-state index is -0.938. The average Bonchev–Trinajstić information content (AvgIpc) is 2.95. The first-order chi connectivity index (χ1) is 14.3. The molecule has 0 aliphatic rings. The number of aromatic nitrogens is 2. The van der Waals surface area contributed by atoms with Gasteiger partial charge in [0.25, 0.3) is 0 Å². The molecule has 0 radical (unpaired) electrons. The number of aromatic carboxylic acids is 1. The molecule has 0 fully saturated rings. The third kappa shape index (κ3) is 4.40. The van der Waals surface area contributed by atoms with Gasteiger partial charge >= 0.3 is 11.7 Å². The van der Waals surface area contributed by atoms with Crippen LogP contribution in [0.15, 0.2) is 53.3 Å². The molecule has 0 atom stereocenters. The van der Waals surface area contributed by atoms with Gasteiger partial charge in [-0.2, -0.15) is 0 Å². The Hall–Kier alpha value is -3.08. The first-order valence-corrected chi connectivity index (χ1v) is 10.5. The van der Waals surface area contributed by atoms with Crippen molar-refractivity contribution < 1.29 is 9.90 Å². The highest BCUT2D eigenvalue weighted by atomic mass is 16.4. The van der Waals surface area contributed by atoms with E-state index in [2.05, 4.69) is 13.8 Å². The SMILES string of the molecule is CCn1c(C)c(CCC(C)C)n(Cc2ccc(-c3ccccc3C(=O)O)cc2)c1=O. The van der Waals surface area contributed by atoms with Crippen LogP contribution < -0.4 is 5.69 Å². The van der Waals surface area contributed by atoms with E-state index in [9.17, 15) is 14.7 Å². The summed E-state index contributed by atoms with van der Waals surface area (Å²) in [4.78, 5) is 24.5. The van der Waals surface area contributed by atoms with E-state index in [0.29, 0.717) is 24.6 Å². The molecule has 30 heavy (non-hydrogen) atoms. The van der Waals surface area contributed by atoms with E-state index in [4.69, 9.17) is 0 Å². The summed E-state index contributed by atoms with van der Waals surface area (Å²) in [6.07, 6.45) is 1.93. The topological polar surface area (TPSA) is 64.2 Å². The van der Waals surface area contributed by atoms with E-state index in [1.54, 1.807) is 12.1 Å². The highest BCUT2D eigenvalue weighted by Gasteiger charge is 2.17. The Morgan fingerprint density at radius 1 is 1.03 bits per heavy atom. The Morgan fingerprint density at radius 3 is 2.30 bits per heavy atom. The van der Waals surface area contributed by atoms with Gasteiger partial charge in [0, 0.05) is 17.9 Å². The summed E-state index contributed by atoms with van der Waals surface area (Å²) in [7, 11) is 0. The van der Waals surface area contributed by atoms with Gasteiger partial charge in [-0.05, 0) is 55.4 Å². The number of imidazole rings is 1. The van der Waals surface area contributed by atoms with Crippen molar-refractivity contribution in [1.82, 2.24) is 9.13 Å². The predicted molar refractivity (Wildman–Crippen MR) is 120 cm³/mol. The molecule has 3 aromatic rings. The van der Waals surface area contributed by atoms with Crippen LogP contribution in [0.25, 0.3) is 11.1 Å². The van der Waals surface area contributed by atoms with E-state index in [1.807, 2.05) is 59.4 Å². The minimum Gasteiger partial charge on any atom is -0.478 e. The molecule has 0 aliphatic carbocycles. The Labute approximate surface area is 177 Å². The first kappa shape index (κ1) is 21.6. The first-order valence-electron chi connectivity index (χ1n) is 10.5. The molecular weight excluding hydrogens is 376 g/mol. The smallest absolute Gasteiger partial charge is 0.336 e. The average molecular weight is 407 g/mol. The van der Waals surface area contributed by atoms with Gasteiger partial charge in [-0.25, -0.2) is 9.59 Å². The molecule has 0 aliphatic heterocycles. The van der Waals surface area contributed by atoms with Crippen molar-refractivity contribution in [3.8, 4) is 11.1 Å². The summed E-state index contributed by atoms with van der Waals surface area (Å²) in [6.45, 7) is 9.60. The number of carbonyl (C=O) groups is 1. The predicted octanol–water partition coefficient (Wildman–Crippen LogP) is 4.98. The van der Waals surface area contributed by atoms with Crippen molar-refractivity contribution in [2.24, 2.45) is 5.92 Å². The number of rotatable bonds is 8. The molecule has 0 saturated heterocycles. The van der Waals surface area contributed by atoms with Crippen molar-refractivity contribution in [2.45, 2.75) is 53.6 Å². The van der Waals surface area contributed by atoms with Crippen molar-refractivity contribution in [2.75, 3.05) is 0 Å². The largest absolute Gasteiger partial charge is 0.478 e. The Morgan fingerprint density at radius 2 is 1.70 bits per heavy atom. The van der Waals surface area contributed by atoms with Crippen molar-refractivity contribution in [3.63, 3.8) is 0 Å². The van der Waals surface area contributed by atoms with Gasteiger partial charge in [-0.3, -0.25) is 9.13 Å². The van der Waals surface area contributed by atoms with E-state index in [1.165, 1.54) is 0 Å². The number of hydrogen-bond donors (Lipinski definition) is 1. The van der Waals surface area contributed by atoms with Crippen LogP contribution in [0.2, 0.25) is 0 Å². The lowest BCUT2D eigenvalue weighted by atomic mass is 9.98. The molecule has 158 valence electrons. The monoisotopic (exact) mass is 406 g/mol. The molecular formula is C25H30N2O3.